The number of carboxylic acids is 1. The smallest absolute Gasteiger partial charge is 0.303 e. The molecule has 0 radical (unpaired) electrons. The third-order valence-electron chi connectivity index (χ3n) is 7.40. The van der Waals surface area contributed by atoms with Crippen LogP contribution in [-0.4, -0.2) is 73.8 Å². The molecule has 42 heavy (non-hydrogen) atoms. The number of aryl methyl sites for hydroxylation is 2. The summed E-state index contributed by atoms with van der Waals surface area (Å²) in [6, 6.07) is 8.12. The van der Waals surface area contributed by atoms with E-state index < -0.39 is 5.97 Å². The molecule has 0 fully saturated rings. The highest BCUT2D eigenvalue weighted by molar-refractivity contribution is 5.68. The fourth-order valence-electron chi connectivity index (χ4n) is 4.94. The second kappa shape index (κ2) is 20.2. The lowest BCUT2D eigenvalue weighted by molar-refractivity contribution is -0.137. The molecule has 0 saturated heterocycles. The van der Waals surface area contributed by atoms with Gasteiger partial charge in [-0.2, -0.15) is 0 Å². The monoisotopic (exact) mass is 585 g/mol. The Balaban J connectivity index is 1.25. The maximum atomic E-state index is 11.5. The van der Waals surface area contributed by atoms with E-state index >= 15 is 0 Å². The number of anilines is 1. The van der Waals surface area contributed by atoms with Crippen LogP contribution >= 0.6 is 0 Å². The average Bonchev–Trinajstić information content (AvgIpc) is 2.98. The van der Waals surface area contributed by atoms with Crippen LogP contribution in [0.1, 0.15) is 88.0 Å². The van der Waals surface area contributed by atoms with Gasteiger partial charge < -0.3 is 29.4 Å². The number of unbranched alkanes of at least 4 members (excludes halogenated alkanes) is 3. The molecule has 2 aromatic rings. The quantitative estimate of drug-likeness (QED) is 0.150. The minimum absolute atomic E-state index is 0.0543. The van der Waals surface area contributed by atoms with Gasteiger partial charge in [0.2, 0.25) is 5.88 Å². The summed E-state index contributed by atoms with van der Waals surface area (Å²) < 4.78 is 22.2. The lowest BCUT2D eigenvalue weighted by atomic mass is 9.91. The van der Waals surface area contributed by atoms with E-state index in [2.05, 4.69) is 36.3 Å². The molecule has 1 aliphatic rings. The summed E-state index contributed by atoms with van der Waals surface area (Å²) >= 11 is 0. The fraction of sp³-hybridized carbons (Fsp3) is 0.667. The molecule has 0 aromatic carbocycles. The Morgan fingerprint density at radius 3 is 2.36 bits per heavy atom. The molecule has 0 unspecified atom stereocenters. The number of nitrogens with zero attached hydrogens (tertiary/aromatic N) is 2. The van der Waals surface area contributed by atoms with Gasteiger partial charge in [0.05, 0.1) is 39.5 Å². The van der Waals surface area contributed by atoms with Crippen LogP contribution in [0, 0.1) is 5.92 Å². The van der Waals surface area contributed by atoms with Crippen molar-refractivity contribution >= 4 is 11.8 Å². The second-order valence-corrected chi connectivity index (χ2v) is 11.4. The Hall–Kier alpha value is -2.75. The number of ether oxygens (including phenoxy) is 4. The molecular formula is C33H51N3O6. The van der Waals surface area contributed by atoms with Gasteiger partial charge in [-0.15, -0.1) is 0 Å². The van der Waals surface area contributed by atoms with E-state index in [1.165, 1.54) is 12.0 Å². The standard InChI is InChI=1S/C33H51N3O6/c1-26(2)15-17-39-18-19-40-20-21-41-22-23-42-31-14-12-29(25-35-31)28(24-32(37)38)8-5-3-4-6-10-30-13-11-27-9-7-16-34-33(27)36-30/h11-14,25-26,28H,3-10,15-24H2,1-2H3,(H,34,36)(H,37,38)/t28-/m0/s1. The minimum Gasteiger partial charge on any atom is -0.481 e. The van der Waals surface area contributed by atoms with E-state index in [4.69, 9.17) is 23.9 Å². The number of nitrogens with one attached hydrogen (secondary N) is 1. The highest BCUT2D eigenvalue weighted by atomic mass is 16.6. The largest absolute Gasteiger partial charge is 0.481 e. The molecule has 0 aliphatic carbocycles. The van der Waals surface area contributed by atoms with Crippen LogP contribution in [0.5, 0.6) is 5.88 Å². The molecular weight excluding hydrogens is 534 g/mol. The lowest BCUT2D eigenvalue weighted by Gasteiger charge is -2.17. The molecule has 2 N–H and O–H groups in total. The number of aliphatic carboxylic acids is 1. The van der Waals surface area contributed by atoms with Crippen molar-refractivity contribution in [1.29, 1.82) is 0 Å². The van der Waals surface area contributed by atoms with Crippen molar-refractivity contribution in [2.24, 2.45) is 5.92 Å². The number of fused-ring (bicyclic) bond motifs is 1. The molecule has 9 heteroatoms. The van der Waals surface area contributed by atoms with E-state index in [0.29, 0.717) is 51.4 Å². The van der Waals surface area contributed by atoms with Crippen molar-refractivity contribution in [3.63, 3.8) is 0 Å². The first-order valence-electron chi connectivity index (χ1n) is 15.8. The van der Waals surface area contributed by atoms with E-state index in [1.54, 1.807) is 6.20 Å². The van der Waals surface area contributed by atoms with Crippen LogP contribution < -0.4 is 10.1 Å². The summed E-state index contributed by atoms with van der Waals surface area (Å²) in [5.74, 6) is 1.39. The Labute approximate surface area is 251 Å². The zero-order valence-electron chi connectivity index (χ0n) is 25.7. The van der Waals surface area contributed by atoms with Gasteiger partial charge in [-0.3, -0.25) is 4.79 Å². The number of pyridine rings is 2. The normalized spacial score (nSPS) is 13.5. The van der Waals surface area contributed by atoms with Gasteiger partial charge in [0.15, 0.2) is 0 Å². The maximum Gasteiger partial charge on any atom is 0.303 e. The summed E-state index contributed by atoms with van der Waals surface area (Å²) in [5, 5.41) is 12.9. The fourth-order valence-corrected chi connectivity index (χ4v) is 4.94. The number of rotatable bonds is 23. The SMILES string of the molecule is CC(C)CCOCCOCCOCCOc1ccc([C@@H](CCCCCCc2ccc3c(n2)NCCC3)CC(=O)O)cn1. The van der Waals surface area contributed by atoms with Crippen LogP contribution in [0.3, 0.4) is 0 Å². The third kappa shape index (κ3) is 13.9. The van der Waals surface area contributed by atoms with Crippen LogP contribution in [-0.2, 0) is 31.8 Å². The third-order valence-corrected chi connectivity index (χ3v) is 7.40. The minimum atomic E-state index is -0.785. The van der Waals surface area contributed by atoms with E-state index in [-0.39, 0.29) is 12.3 Å². The Bertz CT molecular complexity index is 1020. The highest BCUT2D eigenvalue weighted by Crippen LogP contribution is 2.27. The molecule has 0 spiro atoms. The summed E-state index contributed by atoms with van der Waals surface area (Å²) in [5.41, 5.74) is 3.41. The molecule has 1 aliphatic heterocycles. The van der Waals surface area contributed by atoms with Crippen molar-refractivity contribution in [2.75, 3.05) is 58.1 Å². The van der Waals surface area contributed by atoms with Crippen LogP contribution in [0.25, 0.3) is 0 Å². The number of carboxylic acid groups (broad SMARTS) is 1. The first-order valence-corrected chi connectivity index (χ1v) is 15.8. The highest BCUT2D eigenvalue weighted by Gasteiger charge is 2.16. The van der Waals surface area contributed by atoms with Gasteiger partial charge in [0.1, 0.15) is 12.4 Å². The Kier molecular flexibility index (Phi) is 16.2. The van der Waals surface area contributed by atoms with Crippen LogP contribution in [0.2, 0.25) is 0 Å². The zero-order valence-corrected chi connectivity index (χ0v) is 25.7. The molecule has 2 aromatic heterocycles. The Morgan fingerprint density at radius 1 is 0.905 bits per heavy atom. The molecule has 0 amide bonds. The van der Waals surface area contributed by atoms with Gasteiger partial charge in [0.25, 0.3) is 0 Å². The molecule has 9 nitrogen and oxygen atoms in total. The molecule has 234 valence electrons. The summed E-state index contributed by atoms with van der Waals surface area (Å²) in [6.07, 6.45) is 11.3. The van der Waals surface area contributed by atoms with Crippen molar-refractivity contribution in [2.45, 2.75) is 84.0 Å². The van der Waals surface area contributed by atoms with Crippen molar-refractivity contribution < 1.29 is 28.8 Å². The van der Waals surface area contributed by atoms with Gasteiger partial charge in [-0.1, -0.05) is 45.2 Å². The number of hydrogen-bond donors (Lipinski definition) is 2. The van der Waals surface area contributed by atoms with E-state index in [9.17, 15) is 9.90 Å². The maximum absolute atomic E-state index is 11.5. The number of aromatic nitrogens is 2. The molecule has 3 heterocycles. The van der Waals surface area contributed by atoms with E-state index in [0.717, 1.165) is 81.6 Å². The topological polar surface area (TPSA) is 112 Å². The predicted octanol–water partition coefficient (Wildman–Crippen LogP) is 6.06. The summed E-state index contributed by atoms with van der Waals surface area (Å²) in [7, 11) is 0. The number of hydrogen-bond acceptors (Lipinski definition) is 8. The van der Waals surface area contributed by atoms with Gasteiger partial charge in [0, 0.05) is 31.1 Å². The molecule has 0 bridgehead atoms. The van der Waals surface area contributed by atoms with Gasteiger partial charge >= 0.3 is 5.97 Å². The van der Waals surface area contributed by atoms with Crippen LogP contribution in [0.15, 0.2) is 30.5 Å². The average molecular weight is 586 g/mol. The zero-order chi connectivity index (χ0) is 29.8. The first kappa shape index (κ1) is 33.7. The summed E-state index contributed by atoms with van der Waals surface area (Å²) in [6.45, 7) is 9.18. The van der Waals surface area contributed by atoms with Crippen molar-refractivity contribution in [3.05, 3.63) is 47.3 Å². The summed E-state index contributed by atoms with van der Waals surface area (Å²) in [4.78, 5) is 20.7. The molecule has 0 saturated carbocycles. The lowest BCUT2D eigenvalue weighted by Crippen LogP contribution is -2.14. The number of carbonyl (C=O) groups is 1. The Morgan fingerprint density at radius 2 is 1.64 bits per heavy atom. The van der Waals surface area contributed by atoms with Gasteiger partial charge in [-0.05, 0) is 67.6 Å². The predicted molar refractivity (Wildman–Crippen MR) is 164 cm³/mol. The van der Waals surface area contributed by atoms with E-state index in [1.807, 2.05) is 12.1 Å². The van der Waals surface area contributed by atoms with Crippen molar-refractivity contribution in [3.8, 4) is 5.88 Å². The van der Waals surface area contributed by atoms with Crippen LogP contribution in [0.4, 0.5) is 5.82 Å². The molecule has 1 atom stereocenters. The van der Waals surface area contributed by atoms with Crippen molar-refractivity contribution in [1.82, 2.24) is 9.97 Å². The molecule has 3 rings (SSSR count). The second-order valence-electron chi connectivity index (χ2n) is 11.4. The van der Waals surface area contributed by atoms with Gasteiger partial charge in [-0.25, -0.2) is 9.97 Å². The first-order chi connectivity index (χ1) is 20.5.